The third-order valence-electron chi connectivity index (χ3n) is 3.63. The number of rotatable bonds is 9. The average Bonchev–Trinajstić information content (AvgIpc) is 3.15. The lowest BCUT2D eigenvalue weighted by atomic mass is 10.2. The van der Waals surface area contributed by atoms with Crippen LogP contribution in [0.1, 0.15) is 42.8 Å². The highest BCUT2D eigenvalue weighted by Crippen LogP contribution is 2.15. The van der Waals surface area contributed by atoms with Gasteiger partial charge in [0.05, 0.1) is 11.5 Å². The number of nitrogens with one attached hydrogen (secondary N) is 2. The van der Waals surface area contributed by atoms with Crippen LogP contribution in [0.4, 0.5) is 5.69 Å². The average molecular weight is 360 g/mol. The molecule has 0 aliphatic carbocycles. The van der Waals surface area contributed by atoms with Crippen LogP contribution in [0.2, 0.25) is 0 Å². The van der Waals surface area contributed by atoms with E-state index in [0.29, 0.717) is 12.2 Å². The molecule has 1 unspecified atom stereocenters. The van der Waals surface area contributed by atoms with Crippen molar-refractivity contribution in [1.29, 1.82) is 0 Å². The summed E-state index contributed by atoms with van der Waals surface area (Å²) in [6.07, 6.45) is 3.72. The number of benzene rings is 1. The molecular weight excluding hydrogens is 336 g/mol. The molecule has 0 spiro atoms. The highest BCUT2D eigenvalue weighted by molar-refractivity contribution is 8.00. The molecule has 5 nitrogen and oxygen atoms in total. The molecule has 25 heavy (non-hydrogen) atoms. The molecule has 2 aromatic rings. The summed E-state index contributed by atoms with van der Waals surface area (Å²) in [6, 6.07) is 10.7. The van der Waals surface area contributed by atoms with Crippen LogP contribution in [0.5, 0.6) is 0 Å². The Kier molecular flexibility index (Phi) is 7.60. The standard InChI is InChI=1S/C19H24N2O3S/c1-3-4-11-25-14(2)18(22)20-13-15-7-5-8-16(12-15)21-19(23)17-9-6-10-24-17/h5-10,12,14H,3-4,11,13H2,1-2H3,(H,20,22)(H,21,23). The van der Waals surface area contributed by atoms with E-state index in [1.807, 2.05) is 25.1 Å². The van der Waals surface area contributed by atoms with E-state index in [2.05, 4.69) is 17.6 Å². The van der Waals surface area contributed by atoms with Gasteiger partial charge >= 0.3 is 0 Å². The molecule has 2 N–H and O–H groups in total. The third-order valence-corrected chi connectivity index (χ3v) is 4.87. The van der Waals surface area contributed by atoms with Crippen LogP contribution in [-0.2, 0) is 11.3 Å². The molecule has 0 saturated carbocycles. The van der Waals surface area contributed by atoms with E-state index in [4.69, 9.17) is 4.42 Å². The Morgan fingerprint density at radius 3 is 2.80 bits per heavy atom. The molecule has 1 aromatic heterocycles. The summed E-state index contributed by atoms with van der Waals surface area (Å²) < 4.78 is 5.07. The zero-order chi connectivity index (χ0) is 18.1. The predicted molar refractivity (Wildman–Crippen MR) is 102 cm³/mol. The maximum atomic E-state index is 12.1. The number of furan rings is 1. The summed E-state index contributed by atoms with van der Waals surface area (Å²) in [4.78, 5) is 24.1. The van der Waals surface area contributed by atoms with Crippen molar-refractivity contribution >= 4 is 29.3 Å². The Hall–Kier alpha value is -2.21. The smallest absolute Gasteiger partial charge is 0.291 e. The number of amides is 2. The van der Waals surface area contributed by atoms with E-state index in [-0.39, 0.29) is 22.8 Å². The van der Waals surface area contributed by atoms with Gasteiger partial charge in [0.25, 0.3) is 5.91 Å². The third kappa shape index (κ3) is 6.31. The lowest BCUT2D eigenvalue weighted by Crippen LogP contribution is -2.30. The number of unbranched alkanes of at least 4 members (excludes halogenated alkanes) is 1. The fourth-order valence-electron chi connectivity index (χ4n) is 2.17. The zero-order valence-electron chi connectivity index (χ0n) is 14.6. The molecule has 0 bridgehead atoms. The minimum absolute atomic E-state index is 0.0335. The normalized spacial score (nSPS) is 11.8. The van der Waals surface area contributed by atoms with E-state index in [0.717, 1.165) is 24.2 Å². The number of hydrogen-bond donors (Lipinski definition) is 2. The van der Waals surface area contributed by atoms with E-state index in [9.17, 15) is 9.59 Å². The molecule has 0 aliphatic heterocycles. The van der Waals surface area contributed by atoms with Crippen LogP contribution < -0.4 is 10.6 Å². The van der Waals surface area contributed by atoms with Gasteiger partial charge in [0.1, 0.15) is 0 Å². The van der Waals surface area contributed by atoms with Gasteiger partial charge in [-0.05, 0) is 48.9 Å². The molecule has 0 aliphatic rings. The van der Waals surface area contributed by atoms with Crippen molar-refractivity contribution in [3.05, 3.63) is 54.0 Å². The minimum atomic E-state index is -0.299. The highest BCUT2D eigenvalue weighted by Gasteiger charge is 2.13. The SMILES string of the molecule is CCCCSC(C)C(=O)NCc1cccc(NC(=O)c2ccco2)c1. The summed E-state index contributed by atoms with van der Waals surface area (Å²) >= 11 is 1.67. The Labute approximate surface area is 152 Å². The lowest BCUT2D eigenvalue weighted by Gasteiger charge is -2.12. The Morgan fingerprint density at radius 2 is 2.08 bits per heavy atom. The maximum Gasteiger partial charge on any atom is 0.291 e. The first-order valence-electron chi connectivity index (χ1n) is 8.43. The summed E-state index contributed by atoms with van der Waals surface area (Å²) in [7, 11) is 0. The van der Waals surface area contributed by atoms with Gasteiger partial charge in [-0.2, -0.15) is 0 Å². The molecule has 0 fully saturated rings. The molecule has 2 rings (SSSR count). The molecule has 1 atom stereocenters. The van der Waals surface area contributed by atoms with Crippen LogP contribution in [-0.4, -0.2) is 22.8 Å². The fourth-order valence-corrected chi connectivity index (χ4v) is 3.22. The monoisotopic (exact) mass is 360 g/mol. The van der Waals surface area contributed by atoms with Gasteiger partial charge in [0, 0.05) is 12.2 Å². The summed E-state index contributed by atoms with van der Waals surface area (Å²) in [5.41, 5.74) is 1.59. The Balaban J connectivity index is 1.84. The van der Waals surface area contributed by atoms with Gasteiger partial charge in [-0.1, -0.05) is 25.5 Å². The summed E-state index contributed by atoms with van der Waals surface area (Å²) in [5.74, 6) is 0.995. The van der Waals surface area contributed by atoms with Crippen molar-refractivity contribution in [2.45, 2.75) is 38.5 Å². The molecule has 2 amide bonds. The van der Waals surface area contributed by atoms with Crippen molar-refractivity contribution in [1.82, 2.24) is 5.32 Å². The van der Waals surface area contributed by atoms with Crippen LogP contribution >= 0.6 is 11.8 Å². The van der Waals surface area contributed by atoms with E-state index < -0.39 is 0 Å². The summed E-state index contributed by atoms with van der Waals surface area (Å²) in [5, 5.41) is 5.66. The molecule has 0 radical (unpaired) electrons. The topological polar surface area (TPSA) is 71.3 Å². The second-order valence-corrected chi connectivity index (χ2v) is 7.16. The first-order chi connectivity index (χ1) is 12.1. The Bertz CT molecular complexity index is 686. The van der Waals surface area contributed by atoms with Crippen LogP contribution in [0.3, 0.4) is 0 Å². The quantitative estimate of drug-likeness (QED) is 0.661. The molecule has 1 heterocycles. The second kappa shape index (κ2) is 9.93. The van der Waals surface area contributed by atoms with Crippen molar-refractivity contribution in [3.63, 3.8) is 0 Å². The number of thioether (sulfide) groups is 1. The fraction of sp³-hybridized carbons (Fsp3) is 0.368. The predicted octanol–water partition coefficient (Wildman–Crippen LogP) is 4.07. The van der Waals surface area contributed by atoms with Crippen LogP contribution in [0.15, 0.2) is 47.1 Å². The highest BCUT2D eigenvalue weighted by atomic mass is 32.2. The largest absolute Gasteiger partial charge is 0.459 e. The first-order valence-corrected chi connectivity index (χ1v) is 9.48. The first kappa shape index (κ1) is 19.1. The van der Waals surface area contributed by atoms with Gasteiger partial charge in [-0.3, -0.25) is 9.59 Å². The molecule has 1 aromatic carbocycles. The molecule has 6 heteroatoms. The lowest BCUT2D eigenvalue weighted by molar-refractivity contribution is -0.120. The van der Waals surface area contributed by atoms with Crippen molar-refractivity contribution in [2.24, 2.45) is 0 Å². The van der Waals surface area contributed by atoms with Gasteiger partial charge in [-0.15, -0.1) is 11.8 Å². The van der Waals surface area contributed by atoms with E-state index in [1.54, 1.807) is 30.0 Å². The number of anilines is 1. The number of carbonyl (C=O) groups is 2. The number of hydrogen-bond acceptors (Lipinski definition) is 4. The van der Waals surface area contributed by atoms with Crippen molar-refractivity contribution < 1.29 is 14.0 Å². The molecule has 134 valence electrons. The van der Waals surface area contributed by atoms with Gasteiger partial charge in [-0.25, -0.2) is 0 Å². The van der Waals surface area contributed by atoms with Crippen molar-refractivity contribution in [2.75, 3.05) is 11.1 Å². The Morgan fingerprint density at radius 1 is 1.24 bits per heavy atom. The van der Waals surface area contributed by atoms with Gasteiger partial charge < -0.3 is 15.1 Å². The molecule has 0 saturated heterocycles. The number of carbonyl (C=O) groups excluding carboxylic acids is 2. The maximum absolute atomic E-state index is 12.1. The van der Waals surface area contributed by atoms with Gasteiger partial charge in [0.2, 0.25) is 5.91 Å². The van der Waals surface area contributed by atoms with Crippen molar-refractivity contribution in [3.8, 4) is 0 Å². The van der Waals surface area contributed by atoms with Crippen LogP contribution in [0, 0.1) is 0 Å². The van der Waals surface area contributed by atoms with Crippen LogP contribution in [0.25, 0.3) is 0 Å². The van der Waals surface area contributed by atoms with Gasteiger partial charge in [0.15, 0.2) is 5.76 Å². The van der Waals surface area contributed by atoms with E-state index in [1.165, 1.54) is 6.26 Å². The summed E-state index contributed by atoms with van der Waals surface area (Å²) in [6.45, 7) is 4.50. The minimum Gasteiger partial charge on any atom is -0.459 e. The van der Waals surface area contributed by atoms with E-state index >= 15 is 0 Å². The zero-order valence-corrected chi connectivity index (χ0v) is 15.4. The molecular formula is C19H24N2O3S. The second-order valence-electron chi connectivity index (χ2n) is 5.72.